The van der Waals surface area contributed by atoms with Crippen LogP contribution in [0.2, 0.25) is 0 Å². The molecule has 2 aromatic rings. The highest BCUT2D eigenvalue weighted by atomic mass is 79.9. The summed E-state index contributed by atoms with van der Waals surface area (Å²) in [4.78, 5) is 0. The summed E-state index contributed by atoms with van der Waals surface area (Å²) in [5.41, 5.74) is 2.59. The minimum Gasteiger partial charge on any atom is -0.213 e. The van der Waals surface area contributed by atoms with Gasteiger partial charge in [0.15, 0.2) is 0 Å². The first kappa shape index (κ1) is 16.9. The van der Waals surface area contributed by atoms with E-state index in [1.807, 2.05) is 0 Å². The Bertz CT molecular complexity index is 804. The normalized spacial score (nSPS) is 21.8. The number of benzene rings is 2. The molecular formula is C18H22BrNO2S. The van der Waals surface area contributed by atoms with Crippen LogP contribution in [0.1, 0.15) is 36.3 Å². The summed E-state index contributed by atoms with van der Waals surface area (Å²) in [5.74, 6) is 0.270. The van der Waals surface area contributed by atoms with Gasteiger partial charge in [-0.1, -0.05) is 58.7 Å². The van der Waals surface area contributed by atoms with Crippen LogP contribution in [0.25, 0.3) is 10.8 Å². The van der Waals surface area contributed by atoms with Crippen molar-refractivity contribution in [1.29, 1.82) is 0 Å². The summed E-state index contributed by atoms with van der Waals surface area (Å²) in [6, 6.07) is 13.0. The van der Waals surface area contributed by atoms with E-state index in [-0.39, 0.29) is 12.0 Å². The lowest BCUT2D eigenvalue weighted by Gasteiger charge is -2.21. The Hall–Kier alpha value is -0.910. The average molecular weight is 396 g/mol. The third-order valence-electron chi connectivity index (χ3n) is 4.67. The Morgan fingerprint density at radius 1 is 1.22 bits per heavy atom. The third-order valence-corrected chi connectivity index (χ3v) is 5.80. The van der Waals surface area contributed by atoms with E-state index < -0.39 is 10.0 Å². The molecule has 1 saturated carbocycles. The van der Waals surface area contributed by atoms with E-state index in [4.69, 9.17) is 0 Å². The van der Waals surface area contributed by atoms with Gasteiger partial charge in [-0.2, -0.15) is 0 Å². The van der Waals surface area contributed by atoms with Gasteiger partial charge < -0.3 is 0 Å². The fourth-order valence-electron chi connectivity index (χ4n) is 3.68. The Labute approximate surface area is 146 Å². The standard InChI is InChI=1S/C18H22BrNO2S/c1-23(21,22)20-18-7-3-6-16(18)15-9-8-13-4-2-5-14(10-11-19)17(13)12-15/h2,4-5,8-9,12,16,18,20H,3,6-7,10-11H2,1H3. The van der Waals surface area contributed by atoms with Gasteiger partial charge in [0.1, 0.15) is 0 Å². The summed E-state index contributed by atoms with van der Waals surface area (Å²) in [7, 11) is -3.16. The molecule has 0 radical (unpaired) electrons. The highest BCUT2D eigenvalue weighted by Crippen LogP contribution is 2.36. The van der Waals surface area contributed by atoms with Gasteiger partial charge >= 0.3 is 0 Å². The van der Waals surface area contributed by atoms with Crippen LogP contribution < -0.4 is 4.72 Å². The molecule has 2 atom stereocenters. The van der Waals surface area contributed by atoms with Crippen molar-refractivity contribution in [3.05, 3.63) is 47.5 Å². The van der Waals surface area contributed by atoms with Crippen molar-refractivity contribution in [2.24, 2.45) is 0 Å². The molecule has 1 N–H and O–H groups in total. The second-order valence-corrected chi connectivity index (χ2v) is 8.94. The molecule has 3 nitrogen and oxygen atoms in total. The van der Waals surface area contributed by atoms with Gasteiger partial charge in [-0.3, -0.25) is 0 Å². The van der Waals surface area contributed by atoms with Gasteiger partial charge in [0, 0.05) is 17.3 Å². The molecule has 0 aliphatic heterocycles. The lowest BCUT2D eigenvalue weighted by Crippen LogP contribution is -2.35. The van der Waals surface area contributed by atoms with Crippen molar-refractivity contribution in [2.45, 2.75) is 37.6 Å². The summed E-state index contributed by atoms with van der Waals surface area (Å²) in [6.45, 7) is 0. The SMILES string of the molecule is CS(=O)(=O)NC1CCCC1c1ccc2cccc(CCBr)c2c1. The van der Waals surface area contributed by atoms with Gasteiger partial charge in [-0.25, -0.2) is 13.1 Å². The van der Waals surface area contributed by atoms with Crippen molar-refractivity contribution >= 4 is 36.7 Å². The molecule has 2 aromatic carbocycles. The monoisotopic (exact) mass is 395 g/mol. The van der Waals surface area contributed by atoms with E-state index in [1.54, 1.807) is 0 Å². The van der Waals surface area contributed by atoms with Gasteiger partial charge in [0.05, 0.1) is 6.26 Å². The van der Waals surface area contributed by atoms with Crippen LogP contribution in [-0.2, 0) is 16.4 Å². The predicted molar refractivity (Wildman–Crippen MR) is 99.8 cm³/mol. The molecular weight excluding hydrogens is 374 g/mol. The van der Waals surface area contributed by atoms with Crippen LogP contribution in [0, 0.1) is 0 Å². The number of hydrogen-bond acceptors (Lipinski definition) is 2. The minimum absolute atomic E-state index is 0.0192. The Morgan fingerprint density at radius 3 is 2.78 bits per heavy atom. The first-order chi connectivity index (χ1) is 11.0. The number of hydrogen-bond donors (Lipinski definition) is 1. The number of nitrogens with one attached hydrogen (secondary N) is 1. The van der Waals surface area contributed by atoms with E-state index in [9.17, 15) is 8.42 Å². The molecule has 1 aliphatic carbocycles. The molecule has 2 unspecified atom stereocenters. The molecule has 0 amide bonds. The Kier molecular flexibility index (Phi) is 5.09. The Morgan fingerprint density at radius 2 is 2.04 bits per heavy atom. The van der Waals surface area contributed by atoms with Gasteiger partial charge in [-0.05, 0) is 41.2 Å². The van der Waals surface area contributed by atoms with Gasteiger partial charge in [0.2, 0.25) is 10.0 Å². The van der Waals surface area contributed by atoms with Crippen molar-refractivity contribution in [2.75, 3.05) is 11.6 Å². The topological polar surface area (TPSA) is 46.2 Å². The van der Waals surface area contributed by atoms with Crippen LogP contribution in [0.5, 0.6) is 0 Å². The molecule has 0 aromatic heterocycles. The number of alkyl halides is 1. The largest absolute Gasteiger partial charge is 0.213 e. The Balaban J connectivity index is 1.97. The fraction of sp³-hybridized carbons (Fsp3) is 0.444. The summed E-state index contributed by atoms with van der Waals surface area (Å²) < 4.78 is 26.0. The number of fused-ring (bicyclic) bond motifs is 1. The average Bonchev–Trinajstić information content (AvgIpc) is 2.93. The molecule has 23 heavy (non-hydrogen) atoms. The van der Waals surface area contributed by atoms with Crippen LogP contribution in [0.3, 0.4) is 0 Å². The third kappa shape index (κ3) is 3.95. The summed E-state index contributed by atoms with van der Waals surface area (Å²) in [5, 5.41) is 3.48. The van der Waals surface area contributed by atoms with Crippen LogP contribution >= 0.6 is 15.9 Å². The molecule has 0 heterocycles. The van der Waals surface area contributed by atoms with E-state index in [0.29, 0.717) is 0 Å². The quantitative estimate of drug-likeness (QED) is 0.778. The fourth-order valence-corrected chi connectivity index (χ4v) is 4.94. The van der Waals surface area contributed by atoms with E-state index in [1.165, 1.54) is 28.2 Å². The molecule has 124 valence electrons. The van der Waals surface area contributed by atoms with Crippen molar-refractivity contribution in [1.82, 2.24) is 4.72 Å². The van der Waals surface area contributed by atoms with Crippen LogP contribution in [0.4, 0.5) is 0 Å². The second-order valence-electron chi connectivity index (χ2n) is 6.37. The van der Waals surface area contributed by atoms with E-state index in [0.717, 1.165) is 31.0 Å². The van der Waals surface area contributed by atoms with Crippen LogP contribution in [0.15, 0.2) is 36.4 Å². The zero-order chi connectivity index (χ0) is 16.4. The zero-order valence-electron chi connectivity index (χ0n) is 13.3. The number of halogens is 1. The van der Waals surface area contributed by atoms with Gasteiger partial charge in [0.25, 0.3) is 0 Å². The maximum absolute atomic E-state index is 11.6. The maximum atomic E-state index is 11.6. The van der Waals surface area contributed by atoms with Crippen molar-refractivity contribution < 1.29 is 8.42 Å². The highest BCUT2D eigenvalue weighted by molar-refractivity contribution is 9.09. The van der Waals surface area contributed by atoms with E-state index >= 15 is 0 Å². The number of rotatable bonds is 5. The molecule has 0 saturated heterocycles. The molecule has 0 spiro atoms. The predicted octanol–water partition coefficient (Wildman–Crippen LogP) is 3.96. The first-order valence-corrected chi connectivity index (χ1v) is 11.0. The van der Waals surface area contributed by atoms with Crippen molar-refractivity contribution in [3.8, 4) is 0 Å². The molecule has 1 aliphatic rings. The first-order valence-electron chi connectivity index (χ1n) is 8.03. The van der Waals surface area contributed by atoms with Crippen molar-refractivity contribution in [3.63, 3.8) is 0 Å². The minimum atomic E-state index is -3.16. The van der Waals surface area contributed by atoms with Gasteiger partial charge in [-0.15, -0.1) is 0 Å². The number of sulfonamides is 1. The van der Waals surface area contributed by atoms with Crippen LogP contribution in [-0.4, -0.2) is 26.0 Å². The second kappa shape index (κ2) is 6.91. The highest BCUT2D eigenvalue weighted by Gasteiger charge is 2.30. The molecule has 1 fully saturated rings. The zero-order valence-corrected chi connectivity index (χ0v) is 15.7. The lowest BCUT2D eigenvalue weighted by atomic mass is 9.91. The maximum Gasteiger partial charge on any atom is 0.208 e. The lowest BCUT2D eigenvalue weighted by molar-refractivity contribution is 0.529. The molecule has 5 heteroatoms. The smallest absolute Gasteiger partial charge is 0.208 e. The molecule has 3 rings (SSSR count). The number of aryl methyl sites for hydroxylation is 1. The summed E-state index contributed by atoms with van der Waals surface area (Å²) >= 11 is 3.52. The molecule has 0 bridgehead atoms. The van der Waals surface area contributed by atoms with E-state index in [2.05, 4.69) is 57.1 Å². The summed E-state index contributed by atoms with van der Waals surface area (Å²) in [6.07, 6.45) is 5.27.